The number of benzene rings is 1. The summed E-state index contributed by atoms with van der Waals surface area (Å²) in [5, 5.41) is 20.5. The van der Waals surface area contributed by atoms with Gasteiger partial charge < -0.3 is 14.9 Å². The van der Waals surface area contributed by atoms with Gasteiger partial charge in [-0.15, -0.1) is 6.58 Å². The van der Waals surface area contributed by atoms with Crippen LogP contribution in [-0.2, 0) is 16.1 Å². The van der Waals surface area contributed by atoms with E-state index in [0.29, 0.717) is 42.5 Å². The van der Waals surface area contributed by atoms with Crippen molar-refractivity contribution in [2.75, 3.05) is 0 Å². The van der Waals surface area contributed by atoms with Crippen molar-refractivity contribution in [3.05, 3.63) is 59.2 Å². The molecule has 5 heteroatoms. The number of aliphatic hydroxyl groups is 1. The Labute approximate surface area is 227 Å². The monoisotopic (exact) mass is 520 g/mol. The third-order valence-electron chi connectivity index (χ3n) is 11.3. The number of aliphatic hydroxyl groups excluding tert-OH is 1. The standard InChI is InChI=1S/C33H44O5/c1-6-7-21-17-27-30(38-18-23-9-8-22(31(36)37)16-19(23)2)28(35)13-15-33(27,5)26-12-14-32(4)24(20(3)34)10-11-25(32)29(21)26/h6,8-9,16-17,21,24-26,28-30,35H,1,7,10-15,18H2,2-5H3,(H,36,37)/t21?,24-,25?,26?,28+,29?,30?,32-,33-/m1/s1. The average Bonchev–Trinajstić information content (AvgIpc) is 3.22. The van der Waals surface area contributed by atoms with Crippen LogP contribution in [0.15, 0.2) is 42.5 Å². The number of aryl methyl sites for hydroxylation is 1. The van der Waals surface area contributed by atoms with Crippen LogP contribution in [-0.4, -0.2) is 34.2 Å². The minimum Gasteiger partial charge on any atom is -0.478 e. The Morgan fingerprint density at radius 2 is 1.89 bits per heavy atom. The number of hydrogen-bond donors (Lipinski definition) is 2. The Balaban J connectivity index is 1.47. The van der Waals surface area contributed by atoms with Crippen LogP contribution < -0.4 is 0 Å². The molecule has 0 aromatic heterocycles. The smallest absolute Gasteiger partial charge is 0.335 e. The Morgan fingerprint density at radius 1 is 1.13 bits per heavy atom. The predicted octanol–water partition coefficient (Wildman–Crippen LogP) is 6.52. The molecule has 9 atom stereocenters. The number of ether oxygens (including phenoxy) is 1. The number of Topliss-reactive ketones (excluding diaryl/α,β-unsaturated/α-hetero) is 1. The molecule has 5 nitrogen and oxygen atoms in total. The van der Waals surface area contributed by atoms with Gasteiger partial charge in [0.05, 0.1) is 18.3 Å². The molecule has 3 fully saturated rings. The molecule has 3 saturated carbocycles. The maximum absolute atomic E-state index is 12.6. The zero-order valence-electron chi connectivity index (χ0n) is 23.4. The van der Waals surface area contributed by atoms with Gasteiger partial charge in [-0.25, -0.2) is 4.79 Å². The van der Waals surface area contributed by atoms with E-state index in [9.17, 15) is 19.8 Å². The largest absolute Gasteiger partial charge is 0.478 e. The minimum absolute atomic E-state index is 0.0376. The Kier molecular flexibility index (Phi) is 7.23. The number of carbonyl (C=O) groups is 2. The van der Waals surface area contributed by atoms with Crippen LogP contribution in [0.5, 0.6) is 0 Å². The highest BCUT2D eigenvalue weighted by Crippen LogP contribution is 2.67. The zero-order valence-corrected chi connectivity index (χ0v) is 23.4. The van der Waals surface area contributed by atoms with Crippen LogP contribution in [0.2, 0.25) is 0 Å². The van der Waals surface area contributed by atoms with Gasteiger partial charge in [-0.05, 0) is 122 Å². The van der Waals surface area contributed by atoms with Crippen molar-refractivity contribution in [2.24, 2.45) is 40.4 Å². The van der Waals surface area contributed by atoms with Crippen molar-refractivity contribution in [1.29, 1.82) is 0 Å². The summed E-state index contributed by atoms with van der Waals surface area (Å²) < 4.78 is 6.52. The fraction of sp³-hybridized carbons (Fsp3) is 0.636. The Bertz CT molecular complexity index is 1150. The molecule has 0 bridgehead atoms. The molecule has 5 unspecified atom stereocenters. The number of carbonyl (C=O) groups excluding carboxylic acids is 1. The molecule has 0 heterocycles. The number of carboxylic acid groups (broad SMARTS) is 1. The SMILES string of the molecule is C=CCC1C=C2C(OCc3ccc(C(=O)O)cc3C)[C@@H](O)CC[C@]2(C)C2CC[C@@]3(C)C(CC[C@@H]3C(C)=O)C12. The van der Waals surface area contributed by atoms with E-state index < -0.39 is 12.1 Å². The highest BCUT2D eigenvalue weighted by Gasteiger charge is 2.62. The number of fused-ring (bicyclic) bond motifs is 5. The summed E-state index contributed by atoms with van der Waals surface area (Å²) in [5.41, 5.74) is 3.39. The summed E-state index contributed by atoms with van der Waals surface area (Å²) >= 11 is 0. The first kappa shape index (κ1) is 27.3. The lowest BCUT2D eigenvalue weighted by atomic mass is 9.44. The first-order chi connectivity index (χ1) is 18.0. The van der Waals surface area contributed by atoms with Crippen LogP contribution in [0.1, 0.15) is 87.2 Å². The lowest BCUT2D eigenvalue weighted by Crippen LogP contribution is -2.56. The van der Waals surface area contributed by atoms with E-state index in [1.807, 2.05) is 19.1 Å². The van der Waals surface area contributed by atoms with Gasteiger partial charge >= 0.3 is 5.97 Å². The van der Waals surface area contributed by atoms with E-state index in [4.69, 9.17) is 4.74 Å². The lowest BCUT2D eigenvalue weighted by molar-refractivity contribution is -0.131. The normalized spacial score (nSPS) is 39.9. The van der Waals surface area contributed by atoms with Gasteiger partial charge in [0.1, 0.15) is 11.9 Å². The molecule has 0 aliphatic heterocycles. The van der Waals surface area contributed by atoms with E-state index >= 15 is 0 Å². The molecule has 206 valence electrons. The van der Waals surface area contributed by atoms with Crippen LogP contribution in [0, 0.1) is 47.3 Å². The molecule has 5 rings (SSSR count). The average molecular weight is 521 g/mol. The van der Waals surface area contributed by atoms with Crippen molar-refractivity contribution in [3.63, 3.8) is 0 Å². The molecular formula is C33H44O5. The molecule has 0 spiro atoms. The van der Waals surface area contributed by atoms with Crippen molar-refractivity contribution in [1.82, 2.24) is 0 Å². The number of carboxylic acids is 1. The Hall–Kier alpha value is -2.24. The van der Waals surface area contributed by atoms with E-state index in [1.165, 1.54) is 5.57 Å². The molecule has 1 aromatic carbocycles. The van der Waals surface area contributed by atoms with Gasteiger partial charge in [0.15, 0.2) is 0 Å². The molecule has 2 N–H and O–H groups in total. The maximum Gasteiger partial charge on any atom is 0.335 e. The number of aromatic carboxylic acids is 1. The summed E-state index contributed by atoms with van der Waals surface area (Å²) in [7, 11) is 0. The van der Waals surface area contributed by atoms with E-state index in [-0.39, 0.29) is 28.4 Å². The topological polar surface area (TPSA) is 83.8 Å². The molecule has 4 aliphatic rings. The highest BCUT2D eigenvalue weighted by molar-refractivity contribution is 5.87. The lowest BCUT2D eigenvalue weighted by Gasteiger charge is -2.61. The van der Waals surface area contributed by atoms with Crippen molar-refractivity contribution in [3.8, 4) is 0 Å². The number of hydrogen-bond acceptors (Lipinski definition) is 4. The van der Waals surface area contributed by atoms with E-state index in [2.05, 4.69) is 26.5 Å². The Morgan fingerprint density at radius 3 is 2.55 bits per heavy atom. The molecule has 38 heavy (non-hydrogen) atoms. The van der Waals surface area contributed by atoms with E-state index in [1.54, 1.807) is 19.1 Å². The van der Waals surface area contributed by atoms with Crippen LogP contribution in [0.25, 0.3) is 0 Å². The highest BCUT2D eigenvalue weighted by atomic mass is 16.5. The van der Waals surface area contributed by atoms with Crippen molar-refractivity contribution in [2.45, 2.75) is 91.5 Å². The maximum atomic E-state index is 12.6. The van der Waals surface area contributed by atoms with Crippen molar-refractivity contribution < 1.29 is 24.5 Å². The van der Waals surface area contributed by atoms with Gasteiger partial charge in [0, 0.05) is 5.92 Å². The zero-order chi connectivity index (χ0) is 27.4. The first-order valence-electron chi connectivity index (χ1n) is 14.5. The second-order valence-corrected chi connectivity index (χ2v) is 13.1. The number of allylic oxidation sites excluding steroid dienone is 2. The molecule has 0 amide bonds. The second-order valence-electron chi connectivity index (χ2n) is 13.1. The van der Waals surface area contributed by atoms with Crippen LogP contribution >= 0.6 is 0 Å². The number of rotatable bonds is 7. The van der Waals surface area contributed by atoms with Gasteiger partial charge in [-0.3, -0.25) is 4.79 Å². The van der Waals surface area contributed by atoms with Gasteiger partial charge in [0.2, 0.25) is 0 Å². The fourth-order valence-electron chi connectivity index (χ4n) is 9.29. The second kappa shape index (κ2) is 10.1. The molecular weight excluding hydrogens is 476 g/mol. The quantitative estimate of drug-likeness (QED) is 0.400. The molecule has 0 saturated heterocycles. The van der Waals surface area contributed by atoms with Crippen LogP contribution in [0.4, 0.5) is 0 Å². The van der Waals surface area contributed by atoms with Gasteiger partial charge in [0.25, 0.3) is 0 Å². The predicted molar refractivity (Wildman–Crippen MR) is 148 cm³/mol. The van der Waals surface area contributed by atoms with E-state index in [0.717, 1.165) is 49.7 Å². The molecule has 1 aromatic rings. The summed E-state index contributed by atoms with van der Waals surface area (Å²) in [4.78, 5) is 24.0. The molecule has 4 aliphatic carbocycles. The summed E-state index contributed by atoms with van der Waals surface area (Å²) in [6.45, 7) is 12.9. The third-order valence-corrected chi connectivity index (χ3v) is 11.3. The summed E-state index contributed by atoms with van der Waals surface area (Å²) in [6, 6.07) is 5.13. The summed E-state index contributed by atoms with van der Waals surface area (Å²) in [6.07, 6.45) is 10.4. The van der Waals surface area contributed by atoms with Crippen LogP contribution in [0.3, 0.4) is 0 Å². The van der Waals surface area contributed by atoms with Gasteiger partial charge in [-0.1, -0.05) is 32.1 Å². The first-order valence-corrected chi connectivity index (χ1v) is 14.5. The number of ketones is 1. The third kappa shape index (κ3) is 4.30. The van der Waals surface area contributed by atoms with Gasteiger partial charge in [-0.2, -0.15) is 0 Å². The molecule has 0 radical (unpaired) electrons. The summed E-state index contributed by atoms with van der Waals surface area (Å²) in [5.74, 6) is 1.50. The fourth-order valence-corrected chi connectivity index (χ4v) is 9.29. The minimum atomic E-state index is -0.935. The van der Waals surface area contributed by atoms with Crippen molar-refractivity contribution >= 4 is 11.8 Å².